The van der Waals surface area contributed by atoms with E-state index in [1.807, 2.05) is 6.07 Å². The predicted molar refractivity (Wildman–Crippen MR) is 103 cm³/mol. The minimum atomic E-state index is -0.597. The number of nitriles is 1. The molecular weight excluding hydrogens is 368 g/mol. The minimum Gasteiger partial charge on any atom is -0.494 e. The van der Waals surface area contributed by atoms with Gasteiger partial charge < -0.3 is 5.11 Å². The zero-order valence-electron chi connectivity index (χ0n) is 14.8. The predicted octanol–water partition coefficient (Wildman–Crippen LogP) is 2.73. The van der Waals surface area contributed by atoms with Crippen LogP contribution >= 0.6 is 11.6 Å². The van der Waals surface area contributed by atoms with Gasteiger partial charge in [0.15, 0.2) is 0 Å². The number of hydrazone groups is 1. The Kier molecular flexibility index (Phi) is 4.60. The van der Waals surface area contributed by atoms with Gasteiger partial charge >= 0.3 is 0 Å². The summed E-state index contributed by atoms with van der Waals surface area (Å²) in [7, 11) is 1.36. The fourth-order valence-corrected chi connectivity index (χ4v) is 2.92. The van der Waals surface area contributed by atoms with Gasteiger partial charge in [0.1, 0.15) is 11.6 Å². The summed E-state index contributed by atoms with van der Waals surface area (Å²) in [4.78, 5) is 24.9. The number of carbonyl (C=O) groups excluding carboxylic acids is 1. The van der Waals surface area contributed by atoms with Gasteiger partial charge in [-0.15, -0.1) is 0 Å². The maximum Gasteiger partial charge on any atom is 0.280 e. The Bertz CT molecular complexity index is 1120. The summed E-state index contributed by atoms with van der Waals surface area (Å²) in [5.74, 6) is -0.712. The Balaban J connectivity index is 2.12. The third kappa shape index (κ3) is 3.00. The van der Waals surface area contributed by atoms with Crippen LogP contribution in [0, 0.1) is 18.3 Å². The Labute approximate surface area is 160 Å². The molecule has 1 aliphatic heterocycles. The Hall–Kier alpha value is -3.37. The first-order valence-electron chi connectivity index (χ1n) is 7.96. The molecule has 2 heterocycles. The van der Waals surface area contributed by atoms with E-state index < -0.39 is 5.56 Å². The Morgan fingerprint density at radius 2 is 1.85 bits per heavy atom. The molecule has 0 fully saturated rings. The number of nitrogens with zero attached hydrogens (tertiary/aromatic N) is 4. The van der Waals surface area contributed by atoms with Crippen molar-refractivity contribution in [2.75, 3.05) is 5.01 Å². The molecule has 7 nitrogen and oxygen atoms in total. The minimum absolute atomic E-state index is 0.0863. The van der Waals surface area contributed by atoms with Crippen LogP contribution in [0.2, 0.25) is 5.02 Å². The van der Waals surface area contributed by atoms with Crippen molar-refractivity contribution < 1.29 is 9.90 Å². The van der Waals surface area contributed by atoms with E-state index in [1.54, 1.807) is 38.1 Å². The molecule has 1 aromatic carbocycles. The van der Waals surface area contributed by atoms with Gasteiger partial charge in [0.05, 0.1) is 17.0 Å². The molecule has 136 valence electrons. The zero-order valence-corrected chi connectivity index (χ0v) is 15.6. The first-order chi connectivity index (χ1) is 12.8. The molecule has 1 amide bonds. The highest BCUT2D eigenvalue weighted by molar-refractivity contribution is 6.32. The number of aromatic hydroxyl groups is 1. The average Bonchev–Trinajstić information content (AvgIpc) is 2.92. The van der Waals surface area contributed by atoms with Crippen molar-refractivity contribution in [2.24, 2.45) is 12.1 Å². The Morgan fingerprint density at radius 3 is 2.44 bits per heavy atom. The molecule has 0 saturated carbocycles. The normalized spacial score (nSPS) is 15.2. The first kappa shape index (κ1) is 18.4. The van der Waals surface area contributed by atoms with Crippen molar-refractivity contribution in [3.8, 4) is 11.9 Å². The second kappa shape index (κ2) is 6.74. The number of pyridine rings is 1. The molecule has 1 N–H and O–H groups in total. The van der Waals surface area contributed by atoms with E-state index in [9.17, 15) is 20.0 Å². The van der Waals surface area contributed by atoms with E-state index in [0.717, 1.165) is 4.57 Å². The number of anilines is 1. The number of halogens is 1. The van der Waals surface area contributed by atoms with Gasteiger partial charge in [-0.3, -0.25) is 14.2 Å². The second-order valence-electron chi connectivity index (χ2n) is 6.05. The lowest BCUT2D eigenvalue weighted by atomic mass is 10.0. The van der Waals surface area contributed by atoms with E-state index in [1.165, 1.54) is 18.1 Å². The molecule has 27 heavy (non-hydrogen) atoms. The van der Waals surface area contributed by atoms with Crippen LogP contribution in [0.4, 0.5) is 5.69 Å². The highest BCUT2D eigenvalue weighted by atomic mass is 35.5. The molecule has 2 aromatic rings. The molecule has 3 rings (SSSR count). The third-order valence-electron chi connectivity index (χ3n) is 4.39. The number of amides is 1. The van der Waals surface area contributed by atoms with E-state index in [0.29, 0.717) is 22.0 Å². The number of rotatable bonds is 2. The van der Waals surface area contributed by atoms with E-state index in [-0.39, 0.29) is 28.5 Å². The maximum absolute atomic E-state index is 12.8. The number of aromatic nitrogens is 1. The van der Waals surface area contributed by atoms with Gasteiger partial charge in [-0.1, -0.05) is 11.6 Å². The topological polar surface area (TPSA) is 98.7 Å². The van der Waals surface area contributed by atoms with Gasteiger partial charge in [-0.2, -0.15) is 15.4 Å². The summed E-state index contributed by atoms with van der Waals surface area (Å²) in [5.41, 5.74) is 1.09. The summed E-state index contributed by atoms with van der Waals surface area (Å²) < 4.78 is 0.973. The fraction of sp³-hybridized carbons (Fsp3) is 0.158. The van der Waals surface area contributed by atoms with Crippen LogP contribution < -0.4 is 10.6 Å². The lowest BCUT2D eigenvalue weighted by Crippen LogP contribution is -2.23. The van der Waals surface area contributed by atoms with Crippen LogP contribution in [0.5, 0.6) is 5.88 Å². The monoisotopic (exact) mass is 382 g/mol. The van der Waals surface area contributed by atoms with Crippen molar-refractivity contribution in [3.05, 3.63) is 61.9 Å². The summed E-state index contributed by atoms with van der Waals surface area (Å²) in [6.45, 7) is 3.22. The maximum atomic E-state index is 12.8. The van der Waals surface area contributed by atoms with Crippen molar-refractivity contribution in [3.63, 3.8) is 0 Å². The van der Waals surface area contributed by atoms with Crippen molar-refractivity contribution in [1.29, 1.82) is 5.26 Å². The average molecular weight is 383 g/mol. The molecule has 0 bridgehead atoms. The highest BCUT2D eigenvalue weighted by Crippen LogP contribution is 2.29. The van der Waals surface area contributed by atoms with Crippen molar-refractivity contribution in [2.45, 2.75) is 13.8 Å². The molecular formula is C19H15ClN4O3. The molecule has 0 spiro atoms. The number of carbonyl (C=O) groups is 1. The molecule has 0 aliphatic carbocycles. The van der Waals surface area contributed by atoms with Gasteiger partial charge in [-0.05, 0) is 49.8 Å². The Morgan fingerprint density at radius 1 is 1.22 bits per heavy atom. The summed E-state index contributed by atoms with van der Waals surface area (Å²) >= 11 is 5.88. The van der Waals surface area contributed by atoms with Crippen molar-refractivity contribution in [1.82, 2.24) is 4.57 Å². The van der Waals surface area contributed by atoms with Crippen LogP contribution in [0.1, 0.15) is 23.6 Å². The highest BCUT2D eigenvalue weighted by Gasteiger charge is 2.29. The molecule has 8 heteroatoms. The third-order valence-corrected chi connectivity index (χ3v) is 4.64. The summed E-state index contributed by atoms with van der Waals surface area (Å²) in [5, 5.41) is 25.6. The quantitative estimate of drug-likeness (QED) is 0.807. The van der Waals surface area contributed by atoms with Gasteiger partial charge in [0.25, 0.3) is 11.5 Å². The smallest absolute Gasteiger partial charge is 0.280 e. The molecule has 0 unspecified atom stereocenters. The fourth-order valence-electron chi connectivity index (χ4n) is 2.80. The second-order valence-corrected chi connectivity index (χ2v) is 6.49. The van der Waals surface area contributed by atoms with Crippen LogP contribution in [-0.2, 0) is 11.8 Å². The standard InChI is InChI=1S/C19H15ClN4O3/c1-10-14(17(25)23(3)18(26)16(10)9-21)8-15-11(2)22-24(19(15)27)13-6-4-12(20)5-7-13/h4-8,25H,1-3H3. The van der Waals surface area contributed by atoms with Crippen LogP contribution in [0.3, 0.4) is 0 Å². The lowest BCUT2D eigenvalue weighted by molar-refractivity contribution is -0.114. The summed E-state index contributed by atoms with van der Waals surface area (Å²) in [6, 6.07) is 8.49. The van der Waals surface area contributed by atoms with E-state index >= 15 is 0 Å². The molecule has 1 aliphatic rings. The number of benzene rings is 1. The van der Waals surface area contributed by atoms with Gasteiger partial charge in [0.2, 0.25) is 5.88 Å². The van der Waals surface area contributed by atoms with Crippen LogP contribution in [0.25, 0.3) is 6.08 Å². The molecule has 0 saturated heterocycles. The molecule has 1 aromatic heterocycles. The molecule has 0 atom stereocenters. The van der Waals surface area contributed by atoms with E-state index in [4.69, 9.17) is 11.6 Å². The van der Waals surface area contributed by atoms with Crippen LogP contribution in [-0.4, -0.2) is 21.3 Å². The van der Waals surface area contributed by atoms with Crippen LogP contribution in [0.15, 0.2) is 39.7 Å². The van der Waals surface area contributed by atoms with Gasteiger partial charge in [-0.25, -0.2) is 0 Å². The SMILES string of the molecule is CC1=NN(c2ccc(Cl)cc2)C(=O)C1=Cc1c(C)c(C#N)c(=O)n(C)c1O. The van der Waals surface area contributed by atoms with Gasteiger partial charge in [0, 0.05) is 17.6 Å². The number of hydrogen-bond acceptors (Lipinski definition) is 5. The van der Waals surface area contributed by atoms with Crippen molar-refractivity contribution >= 4 is 35.0 Å². The zero-order chi connectivity index (χ0) is 19.9. The largest absolute Gasteiger partial charge is 0.494 e. The number of hydrogen-bond donors (Lipinski definition) is 1. The first-order valence-corrected chi connectivity index (χ1v) is 8.34. The van der Waals surface area contributed by atoms with E-state index in [2.05, 4.69) is 5.10 Å². The summed E-state index contributed by atoms with van der Waals surface area (Å²) in [6.07, 6.45) is 1.45. The lowest BCUT2D eigenvalue weighted by Gasteiger charge is -2.13. The molecule has 0 radical (unpaired) electrons.